The van der Waals surface area contributed by atoms with Gasteiger partial charge in [0.15, 0.2) is 11.5 Å². The zero-order valence-corrected chi connectivity index (χ0v) is 11.0. The van der Waals surface area contributed by atoms with Crippen molar-refractivity contribution in [2.75, 3.05) is 25.8 Å². The lowest BCUT2D eigenvalue weighted by molar-refractivity contribution is -0.140. The number of ether oxygens (including phenoxy) is 3. The Morgan fingerprint density at radius 1 is 1.40 bits per heavy atom. The van der Waals surface area contributed by atoms with Gasteiger partial charge >= 0.3 is 5.97 Å². The summed E-state index contributed by atoms with van der Waals surface area (Å²) in [7, 11) is 1.37. The van der Waals surface area contributed by atoms with Gasteiger partial charge in [-0.1, -0.05) is 0 Å². The first-order chi connectivity index (χ1) is 9.78. The van der Waals surface area contributed by atoms with Gasteiger partial charge < -0.3 is 19.5 Å². The number of nitrogens with zero attached hydrogens (tertiary/aromatic N) is 1. The highest BCUT2D eigenvalue weighted by molar-refractivity contribution is 5.94. The molecule has 0 fully saturated rings. The molecule has 0 spiro atoms. The average molecular weight is 274 g/mol. The molecule has 0 radical (unpaired) electrons. The average Bonchev–Trinajstić information content (AvgIpc) is 2.92. The van der Waals surface area contributed by atoms with E-state index in [2.05, 4.69) is 15.0 Å². The van der Waals surface area contributed by atoms with Crippen LogP contribution in [0, 0.1) is 0 Å². The van der Waals surface area contributed by atoms with Crippen LogP contribution in [0.15, 0.2) is 24.4 Å². The third kappa shape index (κ3) is 2.32. The number of esters is 1. The van der Waals surface area contributed by atoms with E-state index in [1.165, 1.54) is 7.11 Å². The van der Waals surface area contributed by atoms with E-state index in [4.69, 9.17) is 9.47 Å². The fourth-order valence-electron chi connectivity index (χ4n) is 2.09. The molecule has 1 aliphatic heterocycles. The van der Waals surface area contributed by atoms with Crippen LogP contribution in [0.3, 0.4) is 0 Å². The van der Waals surface area contributed by atoms with Crippen LogP contribution in [0.25, 0.3) is 10.8 Å². The molecule has 1 N–H and O–H groups in total. The van der Waals surface area contributed by atoms with Gasteiger partial charge in [0.25, 0.3) is 0 Å². The first kappa shape index (κ1) is 12.5. The zero-order chi connectivity index (χ0) is 13.9. The lowest BCUT2D eigenvalue weighted by Crippen LogP contribution is -2.10. The molecule has 1 aromatic carbocycles. The number of fused-ring (bicyclic) bond motifs is 2. The summed E-state index contributed by atoms with van der Waals surface area (Å²) >= 11 is 0. The van der Waals surface area contributed by atoms with Crippen LogP contribution in [0.2, 0.25) is 0 Å². The number of rotatable bonds is 4. The molecular formula is C14H14N2O4. The summed E-state index contributed by atoms with van der Waals surface area (Å²) < 4.78 is 15.3. The van der Waals surface area contributed by atoms with Crippen LogP contribution in [0.5, 0.6) is 11.5 Å². The van der Waals surface area contributed by atoms with Crippen LogP contribution >= 0.6 is 0 Å². The first-order valence-electron chi connectivity index (χ1n) is 6.27. The number of hydrogen-bond donors (Lipinski definition) is 1. The van der Waals surface area contributed by atoms with Crippen molar-refractivity contribution >= 4 is 22.6 Å². The van der Waals surface area contributed by atoms with E-state index in [9.17, 15) is 4.79 Å². The van der Waals surface area contributed by atoms with Gasteiger partial charge in [0.2, 0.25) is 6.79 Å². The standard InChI is InChI=1S/C14H14N2O4/c1-18-13(17)3-5-16-14-10-7-12-11(19-8-20-12)6-9(10)2-4-15-14/h2,4,6-7H,3,5,8H2,1H3,(H,15,16). The smallest absolute Gasteiger partial charge is 0.307 e. The SMILES string of the molecule is COC(=O)CCNc1nccc2cc3c(cc12)OCO3. The molecule has 1 aromatic heterocycles. The van der Waals surface area contributed by atoms with Crippen LogP contribution < -0.4 is 14.8 Å². The van der Waals surface area contributed by atoms with Crippen molar-refractivity contribution in [1.29, 1.82) is 0 Å². The summed E-state index contributed by atoms with van der Waals surface area (Å²) in [5, 5.41) is 5.07. The highest BCUT2D eigenvalue weighted by Crippen LogP contribution is 2.37. The molecule has 0 saturated carbocycles. The van der Waals surface area contributed by atoms with Gasteiger partial charge in [-0.3, -0.25) is 4.79 Å². The predicted octanol–water partition coefficient (Wildman–Crippen LogP) is 1.94. The maximum atomic E-state index is 11.1. The van der Waals surface area contributed by atoms with E-state index in [0.717, 1.165) is 16.5 Å². The van der Waals surface area contributed by atoms with Crippen molar-refractivity contribution in [2.45, 2.75) is 6.42 Å². The van der Waals surface area contributed by atoms with Crippen LogP contribution in [0.1, 0.15) is 6.42 Å². The molecule has 1 aliphatic rings. The number of methoxy groups -OCH3 is 1. The van der Waals surface area contributed by atoms with Gasteiger partial charge in [-0.05, 0) is 23.6 Å². The van der Waals surface area contributed by atoms with Crippen LogP contribution in [0.4, 0.5) is 5.82 Å². The molecule has 0 bridgehead atoms. The fourth-order valence-corrected chi connectivity index (χ4v) is 2.09. The number of nitrogens with one attached hydrogen (secondary N) is 1. The Balaban J connectivity index is 1.85. The molecule has 0 aliphatic carbocycles. The molecule has 6 heteroatoms. The van der Waals surface area contributed by atoms with E-state index < -0.39 is 0 Å². The molecule has 0 unspecified atom stereocenters. The summed E-state index contributed by atoms with van der Waals surface area (Å²) in [4.78, 5) is 15.4. The number of pyridine rings is 1. The quantitative estimate of drug-likeness (QED) is 0.859. The van der Waals surface area contributed by atoms with E-state index >= 15 is 0 Å². The zero-order valence-electron chi connectivity index (χ0n) is 11.0. The maximum Gasteiger partial charge on any atom is 0.307 e. The van der Waals surface area contributed by atoms with Crippen molar-refractivity contribution in [3.8, 4) is 11.5 Å². The topological polar surface area (TPSA) is 69.7 Å². The summed E-state index contributed by atoms with van der Waals surface area (Å²) in [6.07, 6.45) is 2.00. The molecule has 6 nitrogen and oxygen atoms in total. The lowest BCUT2D eigenvalue weighted by Gasteiger charge is -2.09. The molecule has 2 heterocycles. The minimum atomic E-state index is -0.254. The molecule has 2 aromatic rings. The number of carbonyl (C=O) groups excluding carboxylic acids is 1. The Kier molecular flexibility index (Phi) is 3.28. The largest absolute Gasteiger partial charge is 0.469 e. The molecule has 104 valence electrons. The lowest BCUT2D eigenvalue weighted by atomic mass is 10.1. The minimum absolute atomic E-state index is 0.240. The highest BCUT2D eigenvalue weighted by atomic mass is 16.7. The predicted molar refractivity (Wildman–Crippen MR) is 73.0 cm³/mol. The second-order valence-electron chi connectivity index (χ2n) is 4.34. The van der Waals surface area contributed by atoms with Crippen molar-refractivity contribution < 1.29 is 19.0 Å². The Bertz CT molecular complexity index is 657. The van der Waals surface area contributed by atoms with Crippen LogP contribution in [-0.4, -0.2) is 31.4 Å². The van der Waals surface area contributed by atoms with Gasteiger partial charge in [-0.2, -0.15) is 0 Å². The van der Waals surface area contributed by atoms with Crippen molar-refractivity contribution in [2.24, 2.45) is 0 Å². The monoisotopic (exact) mass is 274 g/mol. The van der Waals surface area contributed by atoms with Gasteiger partial charge in [-0.25, -0.2) is 4.98 Å². The summed E-state index contributed by atoms with van der Waals surface area (Å²) in [5.74, 6) is 1.91. The number of aromatic nitrogens is 1. The molecule has 0 amide bonds. The second-order valence-corrected chi connectivity index (χ2v) is 4.34. The third-order valence-corrected chi connectivity index (χ3v) is 3.11. The summed E-state index contributed by atoms with van der Waals surface area (Å²) in [6.45, 7) is 0.706. The molecular weight excluding hydrogens is 260 g/mol. The molecule has 0 saturated heterocycles. The minimum Gasteiger partial charge on any atom is -0.469 e. The van der Waals surface area contributed by atoms with Crippen molar-refractivity contribution in [1.82, 2.24) is 4.98 Å². The first-order valence-corrected chi connectivity index (χ1v) is 6.27. The molecule has 20 heavy (non-hydrogen) atoms. The van der Waals surface area contributed by atoms with Crippen LogP contribution in [-0.2, 0) is 9.53 Å². The van der Waals surface area contributed by atoms with Gasteiger partial charge in [0, 0.05) is 18.1 Å². The number of carbonyl (C=O) groups is 1. The normalized spacial score (nSPS) is 12.4. The Morgan fingerprint density at radius 2 is 2.20 bits per heavy atom. The highest BCUT2D eigenvalue weighted by Gasteiger charge is 2.15. The number of anilines is 1. The van der Waals surface area contributed by atoms with Crippen molar-refractivity contribution in [3.05, 3.63) is 24.4 Å². The Hall–Kier alpha value is -2.50. The fraction of sp³-hybridized carbons (Fsp3) is 0.286. The molecule has 0 atom stereocenters. The summed E-state index contributed by atoms with van der Waals surface area (Å²) in [5.41, 5.74) is 0. The third-order valence-electron chi connectivity index (χ3n) is 3.11. The van der Waals surface area contributed by atoms with Gasteiger partial charge in [0.1, 0.15) is 5.82 Å². The van der Waals surface area contributed by atoms with E-state index in [1.807, 2.05) is 18.2 Å². The van der Waals surface area contributed by atoms with E-state index in [0.29, 0.717) is 24.5 Å². The Morgan fingerprint density at radius 3 is 3.00 bits per heavy atom. The number of benzene rings is 1. The van der Waals surface area contributed by atoms with Crippen molar-refractivity contribution in [3.63, 3.8) is 0 Å². The maximum absolute atomic E-state index is 11.1. The number of hydrogen-bond acceptors (Lipinski definition) is 6. The van der Waals surface area contributed by atoms with E-state index in [1.54, 1.807) is 6.20 Å². The summed E-state index contributed by atoms with van der Waals surface area (Å²) in [6, 6.07) is 5.72. The van der Waals surface area contributed by atoms with Gasteiger partial charge in [0.05, 0.1) is 13.5 Å². The Labute approximate surface area is 115 Å². The van der Waals surface area contributed by atoms with Gasteiger partial charge in [-0.15, -0.1) is 0 Å². The second kappa shape index (κ2) is 5.24. The van der Waals surface area contributed by atoms with E-state index in [-0.39, 0.29) is 12.8 Å². The molecule has 3 rings (SSSR count).